The Bertz CT molecular complexity index is 276. The van der Waals surface area contributed by atoms with E-state index in [-0.39, 0.29) is 5.97 Å². The first-order valence-electron chi connectivity index (χ1n) is 7.19. The molecule has 3 atom stereocenters. The molecule has 0 aromatic heterocycles. The van der Waals surface area contributed by atoms with Gasteiger partial charge < -0.3 is 9.47 Å². The van der Waals surface area contributed by atoms with Crippen LogP contribution in [0.25, 0.3) is 0 Å². The van der Waals surface area contributed by atoms with E-state index in [0.717, 1.165) is 32.7 Å². The standard InChI is InChI=1S/C14H25NO3/c1-3-18-13(16)10-12-5-4-11(2)14(12)15-6-8-17-9-7-15/h11-12,14H,3-10H2,1-2H3/t11-,12+,14+/m0/s1. The molecular weight excluding hydrogens is 230 g/mol. The summed E-state index contributed by atoms with van der Waals surface area (Å²) < 4.78 is 10.5. The minimum atomic E-state index is -0.0325. The van der Waals surface area contributed by atoms with Crippen molar-refractivity contribution in [3.05, 3.63) is 0 Å². The van der Waals surface area contributed by atoms with Crippen LogP contribution in [-0.2, 0) is 14.3 Å². The van der Waals surface area contributed by atoms with Crippen LogP contribution in [0, 0.1) is 11.8 Å². The largest absolute Gasteiger partial charge is 0.466 e. The lowest BCUT2D eigenvalue weighted by Gasteiger charge is -2.37. The molecule has 0 spiro atoms. The van der Waals surface area contributed by atoms with E-state index in [1.165, 1.54) is 6.42 Å². The summed E-state index contributed by atoms with van der Waals surface area (Å²) >= 11 is 0. The summed E-state index contributed by atoms with van der Waals surface area (Å²) in [6.07, 6.45) is 2.97. The molecule has 2 rings (SSSR count). The molecule has 1 saturated carbocycles. The van der Waals surface area contributed by atoms with Gasteiger partial charge in [-0.25, -0.2) is 0 Å². The smallest absolute Gasteiger partial charge is 0.306 e. The molecule has 18 heavy (non-hydrogen) atoms. The summed E-state index contributed by atoms with van der Waals surface area (Å²) in [6.45, 7) is 8.34. The zero-order valence-electron chi connectivity index (χ0n) is 11.6. The Kier molecular flexibility index (Phi) is 5.01. The maximum atomic E-state index is 11.7. The number of esters is 1. The van der Waals surface area contributed by atoms with Crippen molar-refractivity contribution in [2.24, 2.45) is 11.8 Å². The van der Waals surface area contributed by atoms with E-state index in [1.807, 2.05) is 6.92 Å². The van der Waals surface area contributed by atoms with Gasteiger partial charge in [-0.15, -0.1) is 0 Å². The van der Waals surface area contributed by atoms with Crippen LogP contribution in [0.4, 0.5) is 0 Å². The van der Waals surface area contributed by atoms with Gasteiger partial charge >= 0.3 is 5.97 Å². The normalized spacial score (nSPS) is 33.6. The Morgan fingerprint density at radius 2 is 2.06 bits per heavy atom. The predicted molar refractivity (Wildman–Crippen MR) is 69.3 cm³/mol. The molecule has 4 heteroatoms. The van der Waals surface area contributed by atoms with Gasteiger partial charge in [0.05, 0.1) is 19.8 Å². The summed E-state index contributed by atoms with van der Waals surface area (Å²) in [4.78, 5) is 14.2. The van der Waals surface area contributed by atoms with E-state index >= 15 is 0 Å². The second-order valence-electron chi connectivity index (χ2n) is 5.46. The molecule has 104 valence electrons. The number of morpholine rings is 1. The van der Waals surface area contributed by atoms with Gasteiger partial charge in [0.2, 0.25) is 0 Å². The minimum absolute atomic E-state index is 0.0325. The lowest BCUT2D eigenvalue weighted by atomic mass is 9.94. The Labute approximate surface area is 110 Å². The fourth-order valence-electron chi connectivity index (χ4n) is 3.47. The van der Waals surface area contributed by atoms with Crippen LogP contribution in [0.2, 0.25) is 0 Å². The number of hydrogen-bond acceptors (Lipinski definition) is 4. The van der Waals surface area contributed by atoms with Crippen molar-refractivity contribution in [3.63, 3.8) is 0 Å². The Balaban J connectivity index is 1.93. The van der Waals surface area contributed by atoms with Crippen molar-refractivity contribution in [1.82, 2.24) is 4.90 Å². The number of ether oxygens (including phenoxy) is 2. The van der Waals surface area contributed by atoms with Gasteiger partial charge in [0.15, 0.2) is 0 Å². The first-order valence-corrected chi connectivity index (χ1v) is 7.19. The molecule has 4 nitrogen and oxygen atoms in total. The van der Waals surface area contributed by atoms with E-state index in [9.17, 15) is 4.79 Å². The van der Waals surface area contributed by atoms with Crippen molar-refractivity contribution >= 4 is 5.97 Å². The fourth-order valence-corrected chi connectivity index (χ4v) is 3.47. The molecule has 0 radical (unpaired) electrons. The van der Waals surface area contributed by atoms with E-state index in [0.29, 0.717) is 30.9 Å². The zero-order valence-corrected chi connectivity index (χ0v) is 11.6. The molecule has 0 N–H and O–H groups in total. The Morgan fingerprint density at radius 1 is 1.33 bits per heavy atom. The molecular formula is C14H25NO3. The van der Waals surface area contributed by atoms with E-state index in [2.05, 4.69) is 11.8 Å². The number of nitrogens with zero attached hydrogens (tertiary/aromatic N) is 1. The highest BCUT2D eigenvalue weighted by atomic mass is 16.5. The minimum Gasteiger partial charge on any atom is -0.466 e. The van der Waals surface area contributed by atoms with Gasteiger partial charge in [-0.2, -0.15) is 0 Å². The summed E-state index contributed by atoms with van der Waals surface area (Å²) in [5.74, 6) is 1.12. The molecule has 0 bridgehead atoms. The first-order chi connectivity index (χ1) is 8.72. The highest BCUT2D eigenvalue weighted by molar-refractivity contribution is 5.69. The molecule has 2 fully saturated rings. The maximum Gasteiger partial charge on any atom is 0.306 e. The highest BCUT2D eigenvalue weighted by Crippen LogP contribution is 2.37. The van der Waals surface area contributed by atoms with Crippen molar-refractivity contribution in [2.45, 2.75) is 39.2 Å². The predicted octanol–water partition coefficient (Wildman–Crippen LogP) is 1.69. The van der Waals surface area contributed by atoms with Gasteiger partial charge in [-0.05, 0) is 31.6 Å². The van der Waals surface area contributed by atoms with Crippen molar-refractivity contribution in [1.29, 1.82) is 0 Å². The number of carbonyl (C=O) groups is 1. The SMILES string of the molecule is CCOC(=O)C[C@H]1CC[C@H](C)[C@H]1N1CCOCC1. The molecule has 2 aliphatic rings. The van der Waals surface area contributed by atoms with Gasteiger partial charge in [0, 0.05) is 25.6 Å². The summed E-state index contributed by atoms with van der Waals surface area (Å²) in [5.41, 5.74) is 0. The van der Waals surface area contributed by atoms with Gasteiger partial charge in [-0.1, -0.05) is 6.92 Å². The summed E-state index contributed by atoms with van der Waals surface area (Å²) in [6, 6.07) is 0.540. The number of rotatable bonds is 4. The number of hydrogen-bond donors (Lipinski definition) is 0. The molecule has 0 aromatic carbocycles. The van der Waals surface area contributed by atoms with Crippen molar-refractivity contribution < 1.29 is 14.3 Å². The highest BCUT2D eigenvalue weighted by Gasteiger charge is 2.39. The average molecular weight is 255 g/mol. The number of carbonyl (C=O) groups excluding carboxylic acids is 1. The molecule has 1 aliphatic carbocycles. The van der Waals surface area contributed by atoms with Crippen molar-refractivity contribution in [2.75, 3.05) is 32.9 Å². The average Bonchev–Trinajstić information content (AvgIpc) is 2.72. The lowest BCUT2D eigenvalue weighted by Crippen LogP contribution is -2.47. The van der Waals surface area contributed by atoms with Crippen LogP contribution < -0.4 is 0 Å². The van der Waals surface area contributed by atoms with E-state index in [4.69, 9.17) is 9.47 Å². The molecule has 0 unspecified atom stereocenters. The van der Waals surface area contributed by atoms with Crippen LogP contribution in [-0.4, -0.2) is 49.8 Å². The van der Waals surface area contributed by atoms with Crippen LogP contribution >= 0.6 is 0 Å². The first kappa shape index (κ1) is 13.8. The van der Waals surface area contributed by atoms with E-state index < -0.39 is 0 Å². The third-order valence-corrected chi connectivity index (χ3v) is 4.26. The van der Waals surface area contributed by atoms with Gasteiger partial charge in [0.25, 0.3) is 0 Å². The van der Waals surface area contributed by atoms with Crippen LogP contribution in [0.15, 0.2) is 0 Å². The third kappa shape index (κ3) is 3.23. The van der Waals surface area contributed by atoms with Crippen LogP contribution in [0.1, 0.15) is 33.1 Å². The second kappa shape index (κ2) is 6.53. The van der Waals surface area contributed by atoms with Gasteiger partial charge in [-0.3, -0.25) is 9.69 Å². The topological polar surface area (TPSA) is 38.8 Å². The second-order valence-corrected chi connectivity index (χ2v) is 5.46. The quantitative estimate of drug-likeness (QED) is 0.717. The molecule has 0 aromatic rings. The molecule has 0 amide bonds. The monoisotopic (exact) mass is 255 g/mol. The Hall–Kier alpha value is -0.610. The fraction of sp³-hybridized carbons (Fsp3) is 0.929. The molecule has 1 heterocycles. The Morgan fingerprint density at radius 3 is 2.72 bits per heavy atom. The van der Waals surface area contributed by atoms with Crippen LogP contribution in [0.5, 0.6) is 0 Å². The maximum absolute atomic E-state index is 11.7. The van der Waals surface area contributed by atoms with E-state index in [1.54, 1.807) is 0 Å². The lowest BCUT2D eigenvalue weighted by molar-refractivity contribution is -0.144. The van der Waals surface area contributed by atoms with Crippen molar-refractivity contribution in [3.8, 4) is 0 Å². The van der Waals surface area contributed by atoms with Crippen LogP contribution in [0.3, 0.4) is 0 Å². The zero-order chi connectivity index (χ0) is 13.0. The molecule has 1 aliphatic heterocycles. The summed E-state index contributed by atoms with van der Waals surface area (Å²) in [7, 11) is 0. The summed E-state index contributed by atoms with van der Waals surface area (Å²) in [5, 5.41) is 0. The molecule has 1 saturated heterocycles. The van der Waals surface area contributed by atoms with Gasteiger partial charge in [0.1, 0.15) is 0 Å². The third-order valence-electron chi connectivity index (χ3n) is 4.26.